The van der Waals surface area contributed by atoms with Gasteiger partial charge in [-0.15, -0.1) is 0 Å². The minimum absolute atomic E-state index is 0.0578. The molecule has 0 aliphatic carbocycles. The summed E-state index contributed by atoms with van der Waals surface area (Å²) in [7, 11) is -4.71. The van der Waals surface area contributed by atoms with Crippen LogP contribution in [-0.4, -0.2) is 31.0 Å². The first-order valence-electron chi connectivity index (χ1n) is 6.64. The zero-order valence-corrected chi connectivity index (χ0v) is 12.8. The van der Waals surface area contributed by atoms with Crippen LogP contribution < -0.4 is 11.1 Å². The average Bonchev–Trinajstić information content (AvgIpc) is 2.51. The second-order valence-corrected chi connectivity index (χ2v) is 6.01. The highest BCUT2D eigenvalue weighted by Gasteiger charge is 2.29. The molecular formula is C14H15N3O5S. The number of nitro groups is 1. The number of benzene rings is 2. The van der Waals surface area contributed by atoms with Crippen molar-refractivity contribution in [1.29, 1.82) is 0 Å². The second kappa shape index (κ2) is 6.73. The van der Waals surface area contributed by atoms with Gasteiger partial charge in [-0.2, -0.15) is 8.42 Å². The van der Waals surface area contributed by atoms with Crippen LogP contribution in [0.2, 0.25) is 0 Å². The number of nitro benzene ring substituents is 1. The normalized spacial score (nSPS) is 11.2. The summed E-state index contributed by atoms with van der Waals surface area (Å²) in [5, 5.41) is 14.0. The zero-order chi connectivity index (χ0) is 17.0. The Balaban J connectivity index is 2.85. The molecule has 0 aliphatic heterocycles. The lowest BCUT2D eigenvalue weighted by Gasteiger charge is -2.14. The van der Waals surface area contributed by atoms with Gasteiger partial charge in [0, 0.05) is 19.2 Å². The fourth-order valence-electron chi connectivity index (χ4n) is 2.22. The first-order valence-corrected chi connectivity index (χ1v) is 8.08. The highest BCUT2D eigenvalue weighted by molar-refractivity contribution is 7.86. The van der Waals surface area contributed by atoms with E-state index in [1.807, 2.05) is 0 Å². The summed E-state index contributed by atoms with van der Waals surface area (Å²) in [5.74, 6) is 0. The van der Waals surface area contributed by atoms with Gasteiger partial charge in [-0.05, 0) is 11.6 Å². The number of hydrogen-bond donors (Lipinski definition) is 3. The summed E-state index contributed by atoms with van der Waals surface area (Å²) >= 11 is 0. The van der Waals surface area contributed by atoms with E-state index in [1.165, 1.54) is 24.3 Å². The molecular weight excluding hydrogens is 322 g/mol. The van der Waals surface area contributed by atoms with Crippen LogP contribution >= 0.6 is 0 Å². The molecule has 0 fully saturated rings. The van der Waals surface area contributed by atoms with E-state index in [1.54, 1.807) is 18.2 Å². The second-order valence-electron chi connectivity index (χ2n) is 4.65. The van der Waals surface area contributed by atoms with Gasteiger partial charge >= 0.3 is 0 Å². The van der Waals surface area contributed by atoms with Crippen molar-refractivity contribution in [3.05, 3.63) is 52.6 Å². The van der Waals surface area contributed by atoms with Gasteiger partial charge < -0.3 is 11.1 Å². The van der Waals surface area contributed by atoms with Crippen LogP contribution in [0.15, 0.2) is 47.4 Å². The van der Waals surface area contributed by atoms with E-state index >= 15 is 0 Å². The highest BCUT2D eigenvalue weighted by Crippen LogP contribution is 2.40. The van der Waals surface area contributed by atoms with Crippen molar-refractivity contribution in [2.45, 2.75) is 4.90 Å². The summed E-state index contributed by atoms with van der Waals surface area (Å²) in [4.78, 5) is 10.1. The highest BCUT2D eigenvalue weighted by atomic mass is 32.2. The third-order valence-corrected chi connectivity index (χ3v) is 4.05. The fraction of sp³-hybridized carbons (Fsp3) is 0.143. The van der Waals surface area contributed by atoms with Crippen molar-refractivity contribution in [2.24, 2.45) is 5.73 Å². The topological polar surface area (TPSA) is 136 Å². The third-order valence-electron chi connectivity index (χ3n) is 3.11. The molecule has 8 nitrogen and oxygen atoms in total. The molecule has 2 aromatic rings. The van der Waals surface area contributed by atoms with Gasteiger partial charge in [-0.25, -0.2) is 0 Å². The first-order chi connectivity index (χ1) is 10.9. The van der Waals surface area contributed by atoms with Crippen molar-refractivity contribution in [1.82, 2.24) is 0 Å². The van der Waals surface area contributed by atoms with E-state index in [2.05, 4.69) is 5.32 Å². The lowest BCUT2D eigenvalue weighted by atomic mass is 10.0. The maximum Gasteiger partial charge on any atom is 0.297 e. The Kier molecular flexibility index (Phi) is 4.94. The molecule has 2 aromatic carbocycles. The predicted molar refractivity (Wildman–Crippen MR) is 85.9 cm³/mol. The van der Waals surface area contributed by atoms with Crippen LogP contribution in [0, 0.1) is 10.1 Å². The molecule has 9 heteroatoms. The van der Waals surface area contributed by atoms with E-state index in [9.17, 15) is 23.1 Å². The van der Waals surface area contributed by atoms with Crippen molar-refractivity contribution in [3.8, 4) is 11.1 Å². The number of rotatable bonds is 6. The monoisotopic (exact) mass is 337 g/mol. The molecule has 122 valence electrons. The quantitative estimate of drug-likeness (QED) is 0.416. The molecule has 0 spiro atoms. The molecule has 0 amide bonds. The largest absolute Gasteiger partial charge is 0.383 e. The first kappa shape index (κ1) is 16.9. The van der Waals surface area contributed by atoms with Gasteiger partial charge in [-0.1, -0.05) is 30.3 Å². The third kappa shape index (κ3) is 3.65. The Hall–Kier alpha value is -2.49. The zero-order valence-electron chi connectivity index (χ0n) is 12.0. The lowest BCUT2D eigenvalue weighted by molar-refractivity contribution is -0.384. The summed E-state index contributed by atoms with van der Waals surface area (Å²) in [6.07, 6.45) is 0. The lowest BCUT2D eigenvalue weighted by Crippen LogP contribution is -2.16. The van der Waals surface area contributed by atoms with Gasteiger partial charge in [0.1, 0.15) is 4.90 Å². The number of anilines is 1. The van der Waals surface area contributed by atoms with Crippen molar-refractivity contribution >= 4 is 21.5 Å². The van der Waals surface area contributed by atoms with Crippen LogP contribution in [0.25, 0.3) is 11.1 Å². The minimum atomic E-state index is -4.71. The Morgan fingerprint density at radius 3 is 2.35 bits per heavy atom. The van der Waals surface area contributed by atoms with Crippen LogP contribution in [0.4, 0.5) is 11.4 Å². The summed E-state index contributed by atoms with van der Waals surface area (Å²) in [5.41, 5.74) is 5.17. The van der Waals surface area contributed by atoms with Crippen LogP contribution in [0.3, 0.4) is 0 Å². The molecule has 2 rings (SSSR count). The van der Waals surface area contributed by atoms with Crippen molar-refractivity contribution < 1.29 is 17.9 Å². The molecule has 0 heterocycles. The Morgan fingerprint density at radius 1 is 1.17 bits per heavy atom. The minimum Gasteiger partial charge on any atom is -0.383 e. The van der Waals surface area contributed by atoms with Crippen molar-refractivity contribution in [2.75, 3.05) is 18.4 Å². The van der Waals surface area contributed by atoms with Gasteiger partial charge in [0.05, 0.1) is 16.2 Å². The summed E-state index contributed by atoms with van der Waals surface area (Å²) < 4.78 is 33.3. The van der Waals surface area contributed by atoms with E-state index in [0.717, 1.165) is 0 Å². The van der Waals surface area contributed by atoms with Gasteiger partial charge in [-0.3, -0.25) is 14.7 Å². The Morgan fingerprint density at radius 2 is 1.83 bits per heavy atom. The van der Waals surface area contributed by atoms with Crippen molar-refractivity contribution in [3.63, 3.8) is 0 Å². The molecule has 23 heavy (non-hydrogen) atoms. The average molecular weight is 337 g/mol. The van der Waals surface area contributed by atoms with Crippen LogP contribution in [0.1, 0.15) is 0 Å². The van der Waals surface area contributed by atoms with E-state index in [4.69, 9.17) is 5.73 Å². The number of nitrogens with zero attached hydrogens (tertiary/aromatic N) is 1. The molecule has 0 atom stereocenters. The van der Waals surface area contributed by atoms with Gasteiger partial charge in [0.15, 0.2) is 0 Å². The molecule has 0 aromatic heterocycles. The predicted octanol–water partition coefficient (Wildman–Crippen LogP) is 1.88. The maximum absolute atomic E-state index is 11.8. The summed E-state index contributed by atoms with van der Waals surface area (Å²) in [6.45, 7) is 0.469. The smallest absolute Gasteiger partial charge is 0.297 e. The van der Waals surface area contributed by atoms with E-state index in [-0.39, 0.29) is 24.3 Å². The standard InChI is InChI=1S/C14H15N3O5S/c15-8-9-16-11-6-7-12(17(18)19)13(14(11)23(20,21)22)10-4-2-1-3-5-10/h1-7,16H,8-9,15H2,(H,20,21,22). The van der Waals surface area contributed by atoms with Gasteiger partial charge in [0.25, 0.3) is 15.8 Å². The van der Waals surface area contributed by atoms with Crippen LogP contribution in [-0.2, 0) is 10.1 Å². The van der Waals surface area contributed by atoms with Crippen LogP contribution in [0.5, 0.6) is 0 Å². The van der Waals surface area contributed by atoms with Gasteiger partial charge in [0.2, 0.25) is 0 Å². The molecule has 0 radical (unpaired) electrons. The fourth-order valence-corrected chi connectivity index (χ4v) is 3.12. The number of hydrogen-bond acceptors (Lipinski definition) is 6. The van der Waals surface area contributed by atoms with E-state index in [0.29, 0.717) is 5.56 Å². The Bertz CT molecular complexity index is 822. The SMILES string of the molecule is NCCNc1ccc([N+](=O)[O-])c(-c2ccccc2)c1S(=O)(=O)O. The molecule has 4 N–H and O–H groups in total. The molecule has 0 bridgehead atoms. The number of nitrogens with two attached hydrogens (primary N) is 1. The number of nitrogens with one attached hydrogen (secondary N) is 1. The molecule has 0 saturated heterocycles. The Labute approximate surface area is 132 Å². The van der Waals surface area contributed by atoms with E-state index < -0.39 is 25.6 Å². The molecule has 0 unspecified atom stereocenters. The summed E-state index contributed by atoms with van der Waals surface area (Å²) in [6, 6.07) is 10.4. The molecule has 0 aliphatic rings. The maximum atomic E-state index is 11.8. The molecule has 0 saturated carbocycles.